The minimum atomic E-state index is -0.858. The average Bonchev–Trinajstić information content (AvgIpc) is 2.29. The van der Waals surface area contributed by atoms with E-state index in [-0.39, 0.29) is 18.5 Å². The van der Waals surface area contributed by atoms with Crippen molar-refractivity contribution in [3.8, 4) is 0 Å². The summed E-state index contributed by atoms with van der Waals surface area (Å²) in [5, 5.41) is 8.65. The van der Waals surface area contributed by atoms with E-state index in [0.717, 1.165) is 19.4 Å². The molecule has 1 unspecified atom stereocenters. The highest BCUT2D eigenvalue weighted by Crippen LogP contribution is 2.18. The molecule has 5 nitrogen and oxygen atoms in total. The molecule has 0 aromatic rings. The van der Waals surface area contributed by atoms with E-state index in [9.17, 15) is 9.59 Å². The highest BCUT2D eigenvalue weighted by atomic mass is 16.4. The molecule has 0 radical (unpaired) electrons. The van der Waals surface area contributed by atoms with E-state index in [4.69, 9.17) is 5.11 Å². The molecule has 0 aliphatic carbocycles. The third-order valence-corrected chi connectivity index (χ3v) is 3.30. The van der Waals surface area contributed by atoms with Crippen LogP contribution in [0.1, 0.15) is 39.5 Å². The lowest BCUT2D eigenvalue weighted by molar-refractivity contribution is -0.137. The molecule has 0 aromatic heterocycles. The number of carbonyl (C=O) groups is 2. The van der Waals surface area contributed by atoms with Crippen LogP contribution in [0.4, 0.5) is 4.79 Å². The van der Waals surface area contributed by atoms with Gasteiger partial charge in [-0.25, -0.2) is 4.79 Å². The minimum absolute atomic E-state index is 0.0130. The molecule has 2 amide bonds. The summed E-state index contributed by atoms with van der Waals surface area (Å²) in [6.45, 7) is 5.60. The predicted molar refractivity (Wildman–Crippen MR) is 64.9 cm³/mol. The van der Waals surface area contributed by atoms with Crippen LogP contribution in [0.2, 0.25) is 0 Å². The van der Waals surface area contributed by atoms with Crippen LogP contribution in [0.25, 0.3) is 0 Å². The van der Waals surface area contributed by atoms with Gasteiger partial charge in [-0.2, -0.15) is 0 Å². The fourth-order valence-electron chi connectivity index (χ4n) is 2.18. The number of piperidine rings is 1. The Kier molecular flexibility index (Phi) is 5.25. The van der Waals surface area contributed by atoms with E-state index in [2.05, 4.69) is 6.92 Å². The Hall–Kier alpha value is -1.26. The first-order chi connectivity index (χ1) is 8.06. The lowest BCUT2D eigenvalue weighted by Crippen LogP contribution is -2.49. The number of hydrogen-bond donors (Lipinski definition) is 1. The number of likely N-dealkylation sites (tertiary alicyclic amines) is 1. The van der Waals surface area contributed by atoms with E-state index in [1.807, 2.05) is 11.8 Å². The molecule has 1 aliphatic rings. The number of carboxylic acid groups (broad SMARTS) is 1. The van der Waals surface area contributed by atoms with Crippen LogP contribution < -0.4 is 0 Å². The summed E-state index contributed by atoms with van der Waals surface area (Å²) in [4.78, 5) is 26.2. The van der Waals surface area contributed by atoms with Gasteiger partial charge in [-0.1, -0.05) is 0 Å². The number of carboxylic acids is 1. The van der Waals surface area contributed by atoms with Gasteiger partial charge in [0.25, 0.3) is 0 Å². The van der Waals surface area contributed by atoms with Crippen LogP contribution in [0.5, 0.6) is 0 Å². The van der Waals surface area contributed by atoms with Crippen molar-refractivity contribution in [1.82, 2.24) is 9.80 Å². The van der Waals surface area contributed by atoms with Gasteiger partial charge in [-0.05, 0) is 33.1 Å². The molecular formula is C12H22N2O3. The molecule has 0 bridgehead atoms. The lowest BCUT2D eigenvalue weighted by Gasteiger charge is -2.37. The largest absolute Gasteiger partial charge is 0.481 e. The standard InChI is InChI=1S/C12H22N2O3/c1-3-13(9-7-11(15)16)12(17)14-8-5-4-6-10(14)2/h10H,3-9H2,1-2H3,(H,15,16). The number of urea groups is 1. The van der Waals surface area contributed by atoms with Gasteiger partial charge in [0.1, 0.15) is 0 Å². The Balaban J connectivity index is 2.54. The third kappa shape index (κ3) is 3.91. The second-order valence-electron chi connectivity index (χ2n) is 4.54. The minimum Gasteiger partial charge on any atom is -0.481 e. The molecule has 1 saturated heterocycles. The fourth-order valence-corrected chi connectivity index (χ4v) is 2.18. The summed E-state index contributed by atoms with van der Waals surface area (Å²) in [6.07, 6.45) is 3.28. The van der Waals surface area contributed by atoms with Gasteiger partial charge in [-0.15, -0.1) is 0 Å². The molecule has 1 rings (SSSR count). The van der Waals surface area contributed by atoms with Crippen LogP contribution in [-0.2, 0) is 4.79 Å². The molecular weight excluding hydrogens is 220 g/mol. The normalized spacial score (nSPS) is 20.1. The van der Waals surface area contributed by atoms with Crippen molar-refractivity contribution >= 4 is 12.0 Å². The van der Waals surface area contributed by atoms with Crippen molar-refractivity contribution in [3.63, 3.8) is 0 Å². The van der Waals surface area contributed by atoms with E-state index in [1.165, 1.54) is 6.42 Å². The van der Waals surface area contributed by atoms with E-state index in [0.29, 0.717) is 13.1 Å². The van der Waals surface area contributed by atoms with Crippen LogP contribution >= 0.6 is 0 Å². The monoisotopic (exact) mass is 242 g/mol. The van der Waals surface area contributed by atoms with Gasteiger partial charge in [0.2, 0.25) is 0 Å². The number of carbonyl (C=O) groups excluding carboxylic acids is 1. The summed E-state index contributed by atoms with van der Waals surface area (Å²) in [7, 11) is 0. The van der Waals surface area contributed by atoms with Crippen molar-refractivity contribution in [1.29, 1.82) is 0 Å². The van der Waals surface area contributed by atoms with Crippen LogP contribution in [-0.4, -0.2) is 52.6 Å². The predicted octanol–water partition coefficient (Wildman–Crippen LogP) is 1.78. The SMILES string of the molecule is CCN(CCC(=O)O)C(=O)N1CCCCC1C. The Morgan fingerprint density at radius 2 is 2.12 bits per heavy atom. The second-order valence-corrected chi connectivity index (χ2v) is 4.54. The smallest absolute Gasteiger partial charge is 0.320 e. The van der Waals surface area contributed by atoms with Crippen molar-refractivity contribution in [2.45, 2.75) is 45.6 Å². The van der Waals surface area contributed by atoms with E-state index < -0.39 is 5.97 Å². The maximum atomic E-state index is 12.2. The first kappa shape index (κ1) is 13.8. The van der Waals surface area contributed by atoms with E-state index in [1.54, 1.807) is 4.90 Å². The molecule has 5 heteroatoms. The van der Waals surface area contributed by atoms with Crippen LogP contribution in [0.3, 0.4) is 0 Å². The van der Waals surface area contributed by atoms with Gasteiger partial charge in [0.15, 0.2) is 0 Å². The maximum absolute atomic E-state index is 12.2. The average molecular weight is 242 g/mol. The Morgan fingerprint density at radius 3 is 2.65 bits per heavy atom. The summed E-state index contributed by atoms with van der Waals surface area (Å²) >= 11 is 0. The molecule has 1 atom stereocenters. The Morgan fingerprint density at radius 1 is 1.41 bits per heavy atom. The molecule has 98 valence electrons. The summed E-state index contributed by atoms with van der Waals surface area (Å²) in [6, 6.07) is 0.260. The third-order valence-electron chi connectivity index (χ3n) is 3.30. The first-order valence-electron chi connectivity index (χ1n) is 6.33. The summed E-state index contributed by atoms with van der Waals surface area (Å²) in [5.41, 5.74) is 0. The van der Waals surface area contributed by atoms with Crippen molar-refractivity contribution < 1.29 is 14.7 Å². The number of amides is 2. The molecule has 1 N–H and O–H groups in total. The second kappa shape index (κ2) is 6.47. The number of nitrogens with zero attached hydrogens (tertiary/aromatic N) is 2. The van der Waals surface area contributed by atoms with Crippen LogP contribution in [0.15, 0.2) is 0 Å². The lowest BCUT2D eigenvalue weighted by atomic mass is 10.0. The summed E-state index contributed by atoms with van der Waals surface area (Å²) < 4.78 is 0. The molecule has 0 aromatic carbocycles. The van der Waals surface area contributed by atoms with Gasteiger partial charge < -0.3 is 14.9 Å². The molecule has 1 heterocycles. The number of hydrogen-bond acceptors (Lipinski definition) is 2. The van der Waals surface area contributed by atoms with Gasteiger partial charge >= 0.3 is 12.0 Å². The number of aliphatic carboxylic acids is 1. The first-order valence-corrected chi connectivity index (χ1v) is 6.33. The van der Waals surface area contributed by atoms with Crippen molar-refractivity contribution in [2.75, 3.05) is 19.6 Å². The Labute approximate surface area is 102 Å². The van der Waals surface area contributed by atoms with Crippen molar-refractivity contribution in [2.24, 2.45) is 0 Å². The highest BCUT2D eigenvalue weighted by molar-refractivity contribution is 5.75. The van der Waals surface area contributed by atoms with Crippen molar-refractivity contribution in [3.05, 3.63) is 0 Å². The molecule has 1 aliphatic heterocycles. The zero-order chi connectivity index (χ0) is 12.8. The molecule has 0 saturated carbocycles. The quantitative estimate of drug-likeness (QED) is 0.817. The zero-order valence-electron chi connectivity index (χ0n) is 10.7. The number of rotatable bonds is 4. The maximum Gasteiger partial charge on any atom is 0.320 e. The summed E-state index contributed by atoms with van der Waals surface area (Å²) in [5.74, 6) is -0.858. The van der Waals surface area contributed by atoms with Crippen LogP contribution in [0, 0.1) is 0 Å². The van der Waals surface area contributed by atoms with Gasteiger partial charge in [0.05, 0.1) is 6.42 Å². The molecule has 17 heavy (non-hydrogen) atoms. The van der Waals surface area contributed by atoms with Gasteiger partial charge in [-0.3, -0.25) is 4.79 Å². The topological polar surface area (TPSA) is 60.9 Å². The molecule has 1 fully saturated rings. The zero-order valence-corrected chi connectivity index (χ0v) is 10.7. The fraction of sp³-hybridized carbons (Fsp3) is 0.833. The van der Waals surface area contributed by atoms with Gasteiger partial charge in [0, 0.05) is 25.7 Å². The van der Waals surface area contributed by atoms with E-state index >= 15 is 0 Å². The highest BCUT2D eigenvalue weighted by Gasteiger charge is 2.26. The Bertz CT molecular complexity index is 281. The molecule has 0 spiro atoms.